The molecule has 2 N–H and O–H groups in total. The zero-order chi connectivity index (χ0) is 9.02. The Balaban J connectivity index is 3.93. The lowest BCUT2D eigenvalue weighted by Gasteiger charge is -2.15. The van der Waals surface area contributed by atoms with Crippen LogP contribution in [-0.4, -0.2) is 22.9 Å². The van der Waals surface area contributed by atoms with Gasteiger partial charge in [-0.2, -0.15) is 0 Å². The molecule has 0 rings (SSSR count). The number of nitrogens with two attached hydrogens (primary N) is 1. The van der Waals surface area contributed by atoms with Crippen molar-refractivity contribution in [1.82, 2.24) is 4.42 Å². The van der Waals surface area contributed by atoms with E-state index in [2.05, 4.69) is 6.58 Å². The Morgan fingerprint density at radius 3 is 2.55 bits per heavy atom. The van der Waals surface area contributed by atoms with Gasteiger partial charge in [0, 0.05) is 23.4 Å². The summed E-state index contributed by atoms with van der Waals surface area (Å²) in [7, 11) is 0. The molecule has 0 bridgehead atoms. The van der Waals surface area contributed by atoms with Gasteiger partial charge in [-0.05, 0) is 13.8 Å². The highest BCUT2D eigenvalue weighted by Gasteiger charge is 2.12. The molecular weight excluding hydrogens is 164 g/mol. The first-order valence-electron chi connectivity index (χ1n) is 3.34. The van der Waals surface area contributed by atoms with Gasteiger partial charge in [-0.25, -0.2) is 4.42 Å². The number of carbonyl (C=O) groups excluding carboxylic acids is 1. The highest BCUT2D eigenvalue weighted by molar-refractivity contribution is 6.23. The zero-order valence-electron chi connectivity index (χ0n) is 6.80. The molecule has 0 fully saturated rings. The molecule has 64 valence electrons. The van der Waals surface area contributed by atoms with Gasteiger partial charge in [0.2, 0.25) is 0 Å². The lowest BCUT2D eigenvalue weighted by Crippen LogP contribution is -2.33. The number of carbonyl (C=O) groups is 1. The molecule has 0 saturated carbocycles. The SMILES string of the molecule is C=C(C)C(=O)N(Cl)CC(C)N. The fourth-order valence-electron chi connectivity index (χ4n) is 0.543. The normalized spacial score (nSPS) is 12.4. The highest BCUT2D eigenvalue weighted by Crippen LogP contribution is 2.02. The van der Waals surface area contributed by atoms with Crippen molar-refractivity contribution in [1.29, 1.82) is 0 Å². The maximum atomic E-state index is 11.0. The van der Waals surface area contributed by atoms with Gasteiger partial charge in [-0.3, -0.25) is 4.79 Å². The largest absolute Gasteiger partial charge is 0.326 e. The number of hydrogen-bond acceptors (Lipinski definition) is 2. The Labute approximate surface area is 71.9 Å². The van der Waals surface area contributed by atoms with E-state index in [1.54, 1.807) is 13.8 Å². The Hall–Kier alpha value is -0.540. The monoisotopic (exact) mass is 176 g/mol. The Kier molecular flexibility index (Phi) is 4.15. The van der Waals surface area contributed by atoms with Crippen LogP contribution >= 0.6 is 11.8 Å². The molecule has 3 nitrogen and oxygen atoms in total. The summed E-state index contributed by atoms with van der Waals surface area (Å²) in [6.07, 6.45) is 0. The van der Waals surface area contributed by atoms with Gasteiger partial charge >= 0.3 is 0 Å². The first-order chi connectivity index (χ1) is 4.95. The number of halogens is 1. The predicted molar refractivity (Wildman–Crippen MR) is 46.0 cm³/mol. The zero-order valence-corrected chi connectivity index (χ0v) is 7.56. The van der Waals surface area contributed by atoms with E-state index in [1.165, 1.54) is 0 Å². The number of rotatable bonds is 3. The van der Waals surface area contributed by atoms with E-state index in [9.17, 15) is 4.79 Å². The van der Waals surface area contributed by atoms with Crippen LogP contribution in [0.1, 0.15) is 13.8 Å². The van der Waals surface area contributed by atoms with Crippen LogP contribution in [0, 0.1) is 0 Å². The second kappa shape index (κ2) is 4.36. The van der Waals surface area contributed by atoms with E-state index in [-0.39, 0.29) is 11.9 Å². The van der Waals surface area contributed by atoms with Crippen molar-refractivity contribution in [3.8, 4) is 0 Å². The molecule has 11 heavy (non-hydrogen) atoms. The summed E-state index contributed by atoms with van der Waals surface area (Å²) < 4.78 is 1.05. The molecule has 1 unspecified atom stereocenters. The van der Waals surface area contributed by atoms with Crippen LogP contribution in [-0.2, 0) is 4.79 Å². The molecule has 1 atom stereocenters. The van der Waals surface area contributed by atoms with Crippen molar-refractivity contribution >= 4 is 17.7 Å². The fraction of sp³-hybridized carbons (Fsp3) is 0.571. The molecule has 0 heterocycles. The number of amides is 1. The van der Waals surface area contributed by atoms with Crippen molar-refractivity contribution in [3.05, 3.63) is 12.2 Å². The van der Waals surface area contributed by atoms with Gasteiger partial charge in [0.15, 0.2) is 0 Å². The predicted octanol–water partition coefficient (Wildman–Crippen LogP) is 0.892. The van der Waals surface area contributed by atoms with Gasteiger partial charge in [0.05, 0.1) is 6.54 Å². The quantitative estimate of drug-likeness (QED) is 0.513. The minimum absolute atomic E-state index is 0.115. The van der Waals surface area contributed by atoms with Crippen molar-refractivity contribution in [3.63, 3.8) is 0 Å². The van der Waals surface area contributed by atoms with Crippen LogP contribution in [0.25, 0.3) is 0 Å². The maximum absolute atomic E-state index is 11.0. The van der Waals surface area contributed by atoms with Gasteiger partial charge < -0.3 is 5.73 Å². The van der Waals surface area contributed by atoms with Crippen molar-refractivity contribution < 1.29 is 4.79 Å². The molecule has 1 amide bonds. The van der Waals surface area contributed by atoms with Crippen LogP contribution in [0.3, 0.4) is 0 Å². The van der Waals surface area contributed by atoms with Crippen LogP contribution in [0.4, 0.5) is 0 Å². The van der Waals surface area contributed by atoms with Crippen LogP contribution in [0.15, 0.2) is 12.2 Å². The standard InChI is InChI=1S/C7H13ClN2O/c1-5(2)7(11)10(8)4-6(3)9/h6H,1,4,9H2,2-3H3. The van der Waals surface area contributed by atoms with Crippen LogP contribution < -0.4 is 5.73 Å². The van der Waals surface area contributed by atoms with Crippen molar-refractivity contribution in [2.45, 2.75) is 19.9 Å². The topological polar surface area (TPSA) is 46.3 Å². The average Bonchev–Trinajstić information content (AvgIpc) is 1.84. The summed E-state index contributed by atoms with van der Waals surface area (Å²) >= 11 is 5.56. The molecule has 0 aromatic carbocycles. The Morgan fingerprint density at radius 2 is 2.27 bits per heavy atom. The molecule has 0 radical (unpaired) electrons. The van der Waals surface area contributed by atoms with E-state index in [1.807, 2.05) is 0 Å². The molecule has 0 spiro atoms. The Bertz CT molecular complexity index is 168. The summed E-state index contributed by atoms with van der Waals surface area (Å²) in [5, 5.41) is 0. The average molecular weight is 177 g/mol. The summed E-state index contributed by atoms with van der Waals surface area (Å²) in [5.41, 5.74) is 5.84. The lowest BCUT2D eigenvalue weighted by molar-refractivity contribution is -0.122. The van der Waals surface area contributed by atoms with Gasteiger partial charge in [0.25, 0.3) is 5.91 Å². The van der Waals surface area contributed by atoms with E-state index in [0.29, 0.717) is 12.1 Å². The third-order valence-electron chi connectivity index (χ3n) is 1.03. The molecular formula is C7H13ClN2O. The summed E-state index contributed by atoms with van der Waals surface area (Å²) in [6.45, 7) is 7.20. The molecule has 0 aliphatic rings. The van der Waals surface area contributed by atoms with E-state index >= 15 is 0 Å². The fourth-order valence-corrected chi connectivity index (χ4v) is 0.905. The molecule has 0 aliphatic heterocycles. The summed E-state index contributed by atoms with van der Waals surface area (Å²) in [5.74, 6) is -0.274. The van der Waals surface area contributed by atoms with Crippen molar-refractivity contribution in [2.75, 3.05) is 6.54 Å². The van der Waals surface area contributed by atoms with E-state index in [4.69, 9.17) is 17.5 Å². The first-order valence-corrected chi connectivity index (χ1v) is 3.67. The van der Waals surface area contributed by atoms with E-state index in [0.717, 1.165) is 4.42 Å². The molecule has 0 aromatic rings. The summed E-state index contributed by atoms with van der Waals surface area (Å²) in [4.78, 5) is 11.0. The Morgan fingerprint density at radius 1 is 1.82 bits per heavy atom. The van der Waals surface area contributed by atoms with Gasteiger partial charge in [0.1, 0.15) is 0 Å². The third kappa shape index (κ3) is 4.01. The molecule has 4 heteroatoms. The van der Waals surface area contributed by atoms with Crippen LogP contribution in [0.2, 0.25) is 0 Å². The number of nitrogens with zero attached hydrogens (tertiary/aromatic N) is 1. The van der Waals surface area contributed by atoms with Gasteiger partial charge in [-0.1, -0.05) is 6.58 Å². The second-order valence-corrected chi connectivity index (χ2v) is 3.02. The smallest absolute Gasteiger partial charge is 0.263 e. The number of hydrogen-bond donors (Lipinski definition) is 1. The highest BCUT2D eigenvalue weighted by atomic mass is 35.5. The minimum Gasteiger partial charge on any atom is -0.326 e. The molecule has 0 aliphatic carbocycles. The summed E-state index contributed by atoms with van der Waals surface area (Å²) in [6, 6.07) is -0.115. The van der Waals surface area contributed by atoms with Crippen molar-refractivity contribution in [2.24, 2.45) is 5.73 Å². The second-order valence-electron chi connectivity index (χ2n) is 2.61. The first kappa shape index (κ1) is 10.5. The van der Waals surface area contributed by atoms with Gasteiger partial charge in [-0.15, -0.1) is 0 Å². The third-order valence-corrected chi connectivity index (χ3v) is 1.33. The maximum Gasteiger partial charge on any atom is 0.263 e. The van der Waals surface area contributed by atoms with E-state index < -0.39 is 0 Å². The van der Waals surface area contributed by atoms with Crippen LogP contribution in [0.5, 0.6) is 0 Å². The lowest BCUT2D eigenvalue weighted by atomic mass is 10.3. The molecule has 0 aromatic heterocycles. The molecule has 0 saturated heterocycles. The minimum atomic E-state index is -0.274.